The largest absolute Gasteiger partial charge is 0.399 e. The molecule has 0 saturated heterocycles. The number of carbonyl (C=O) groups excluding carboxylic acids is 1. The molecule has 2 aliphatic carbocycles. The molecule has 0 radical (unpaired) electrons. The zero-order valence-corrected chi connectivity index (χ0v) is 20.0. The molecule has 9 heteroatoms. The minimum absolute atomic E-state index is 0.111. The number of hydrogen-bond donors (Lipinski definition) is 3. The molecular weight excluding hydrogens is 450 g/mol. The first-order valence-corrected chi connectivity index (χ1v) is 13.0. The fraction of sp³-hybridized carbons (Fsp3) is 0.360. The average molecular weight is 482 g/mol. The maximum atomic E-state index is 13.5. The Bertz CT molecular complexity index is 1260. The average Bonchev–Trinajstić information content (AvgIpc) is 3.38. The fourth-order valence-corrected chi connectivity index (χ4v) is 5.98. The van der Waals surface area contributed by atoms with Gasteiger partial charge in [-0.25, -0.2) is 8.42 Å². The molecule has 5 N–H and O–H groups in total. The molecule has 1 saturated carbocycles. The third kappa shape index (κ3) is 5.15. The molecule has 180 valence electrons. The van der Waals surface area contributed by atoms with E-state index in [4.69, 9.17) is 11.6 Å². The molecule has 2 aromatic rings. The predicted octanol–water partition coefficient (Wildman–Crippen LogP) is 2.62. The van der Waals surface area contributed by atoms with Gasteiger partial charge in [0.2, 0.25) is 15.9 Å². The van der Waals surface area contributed by atoms with Gasteiger partial charge in [-0.15, -0.1) is 0 Å². The standard InChI is InChI=1S/C25H31N5O3S/c1-30(21-8-4-5-9-21)25(31)24(15-19-10-12-20(26)16-23(19)28-27)29-34(32,33)22-13-11-17-6-2-3-7-18(17)14-22/h2-3,6-7,10-14,16,19,21,24,29H,4-5,8-9,15,26-27H2,1H3/t19?,24-/m0/s1. The van der Waals surface area contributed by atoms with Crippen LogP contribution in [-0.2, 0) is 14.8 Å². The third-order valence-corrected chi connectivity index (χ3v) is 8.17. The molecule has 0 bridgehead atoms. The molecule has 8 nitrogen and oxygen atoms in total. The van der Waals surface area contributed by atoms with Crippen LogP contribution in [0.5, 0.6) is 0 Å². The number of likely N-dealkylation sites (N-methyl/N-ethyl adjacent to an activating group) is 1. The van der Waals surface area contributed by atoms with E-state index in [1.807, 2.05) is 24.3 Å². The van der Waals surface area contributed by atoms with Gasteiger partial charge in [-0.05, 0) is 54.3 Å². The summed E-state index contributed by atoms with van der Waals surface area (Å²) in [7, 11) is -2.22. The van der Waals surface area contributed by atoms with E-state index in [0.29, 0.717) is 11.4 Å². The Morgan fingerprint density at radius 1 is 1.18 bits per heavy atom. The van der Waals surface area contributed by atoms with Crippen molar-refractivity contribution in [3.8, 4) is 0 Å². The van der Waals surface area contributed by atoms with Crippen molar-refractivity contribution in [3.05, 3.63) is 66.4 Å². The van der Waals surface area contributed by atoms with Crippen LogP contribution in [0.4, 0.5) is 0 Å². The van der Waals surface area contributed by atoms with E-state index in [-0.39, 0.29) is 29.2 Å². The number of amides is 1. The van der Waals surface area contributed by atoms with Crippen LogP contribution in [0.25, 0.3) is 10.8 Å². The number of sulfonamides is 1. The van der Waals surface area contributed by atoms with Gasteiger partial charge in [-0.2, -0.15) is 9.82 Å². The normalized spacial score (nSPS) is 21.0. The zero-order chi connectivity index (χ0) is 24.3. The van der Waals surface area contributed by atoms with Gasteiger partial charge < -0.3 is 16.5 Å². The van der Waals surface area contributed by atoms with Crippen molar-refractivity contribution in [2.75, 3.05) is 7.05 Å². The lowest BCUT2D eigenvalue weighted by Crippen LogP contribution is -2.50. The summed E-state index contributed by atoms with van der Waals surface area (Å²) in [5.74, 6) is 4.95. The molecule has 0 spiro atoms. The van der Waals surface area contributed by atoms with Crippen molar-refractivity contribution >= 4 is 32.4 Å². The maximum absolute atomic E-state index is 13.5. The summed E-state index contributed by atoms with van der Waals surface area (Å²) in [6, 6.07) is 11.6. The van der Waals surface area contributed by atoms with Crippen LogP contribution in [0.2, 0.25) is 0 Å². The molecule has 0 aliphatic heterocycles. The Labute approximate surface area is 200 Å². The fourth-order valence-electron chi connectivity index (χ4n) is 4.74. The number of hydrazone groups is 1. The summed E-state index contributed by atoms with van der Waals surface area (Å²) >= 11 is 0. The highest BCUT2D eigenvalue weighted by Crippen LogP contribution is 2.26. The van der Waals surface area contributed by atoms with E-state index in [9.17, 15) is 13.2 Å². The Kier molecular flexibility index (Phi) is 7.04. The molecule has 2 atom stereocenters. The van der Waals surface area contributed by atoms with Gasteiger partial charge in [0.1, 0.15) is 6.04 Å². The smallest absolute Gasteiger partial charge is 0.241 e. The van der Waals surface area contributed by atoms with Crippen LogP contribution in [0.1, 0.15) is 32.1 Å². The van der Waals surface area contributed by atoms with Crippen molar-refractivity contribution < 1.29 is 13.2 Å². The summed E-state index contributed by atoms with van der Waals surface area (Å²) in [5, 5.41) is 5.56. The quantitative estimate of drug-likeness (QED) is 0.413. The molecule has 0 aromatic heterocycles. The third-order valence-electron chi connectivity index (χ3n) is 6.70. The lowest BCUT2D eigenvalue weighted by atomic mass is 9.90. The van der Waals surface area contributed by atoms with Crippen LogP contribution in [0.3, 0.4) is 0 Å². The Balaban J connectivity index is 1.63. The van der Waals surface area contributed by atoms with E-state index in [2.05, 4.69) is 9.82 Å². The minimum atomic E-state index is -3.97. The lowest BCUT2D eigenvalue weighted by Gasteiger charge is -2.31. The molecule has 1 amide bonds. The van der Waals surface area contributed by atoms with Gasteiger partial charge in [-0.3, -0.25) is 4.79 Å². The summed E-state index contributed by atoms with van der Waals surface area (Å²) in [5.41, 5.74) is 6.87. The first kappa shape index (κ1) is 24.0. The monoisotopic (exact) mass is 481 g/mol. The molecule has 4 rings (SSSR count). The summed E-state index contributed by atoms with van der Waals surface area (Å²) in [6.45, 7) is 0. The molecule has 1 unspecified atom stereocenters. The van der Waals surface area contributed by atoms with E-state index in [0.717, 1.165) is 36.5 Å². The second-order valence-electron chi connectivity index (χ2n) is 8.97. The molecule has 1 fully saturated rings. The Hall–Kier alpha value is -3.17. The van der Waals surface area contributed by atoms with Gasteiger partial charge in [0.15, 0.2) is 0 Å². The number of benzene rings is 2. The lowest BCUT2D eigenvalue weighted by molar-refractivity contribution is -0.133. The summed E-state index contributed by atoms with van der Waals surface area (Å²) in [4.78, 5) is 15.4. The van der Waals surface area contributed by atoms with Crippen molar-refractivity contribution in [1.29, 1.82) is 0 Å². The minimum Gasteiger partial charge on any atom is -0.399 e. The first-order valence-electron chi connectivity index (χ1n) is 11.5. The Morgan fingerprint density at radius 3 is 2.59 bits per heavy atom. The predicted molar refractivity (Wildman–Crippen MR) is 134 cm³/mol. The molecule has 34 heavy (non-hydrogen) atoms. The number of rotatable bonds is 7. The first-order chi connectivity index (χ1) is 16.3. The second kappa shape index (κ2) is 9.99. The van der Waals surface area contributed by atoms with Crippen LogP contribution in [0.15, 0.2) is 76.4 Å². The van der Waals surface area contributed by atoms with Crippen LogP contribution in [-0.4, -0.2) is 44.1 Å². The SMILES string of the molecule is CN(C(=O)[C@H](CC1C=CC(N)=CC1=NN)NS(=O)(=O)c1ccc2ccccc2c1)C1CCCC1. The van der Waals surface area contributed by atoms with Gasteiger partial charge >= 0.3 is 0 Å². The van der Waals surface area contributed by atoms with E-state index in [1.54, 1.807) is 48.4 Å². The molecule has 2 aromatic carbocycles. The number of nitrogens with two attached hydrogens (primary N) is 2. The van der Waals surface area contributed by atoms with Crippen LogP contribution < -0.4 is 16.3 Å². The second-order valence-corrected chi connectivity index (χ2v) is 10.7. The zero-order valence-electron chi connectivity index (χ0n) is 19.2. The number of fused-ring (bicyclic) bond motifs is 1. The molecule has 0 heterocycles. The van der Waals surface area contributed by atoms with E-state index in [1.165, 1.54) is 0 Å². The van der Waals surface area contributed by atoms with Gasteiger partial charge in [0, 0.05) is 24.7 Å². The number of carbonyl (C=O) groups is 1. The van der Waals surface area contributed by atoms with Gasteiger partial charge in [0.05, 0.1) is 10.6 Å². The Morgan fingerprint density at radius 2 is 1.88 bits per heavy atom. The van der Waals surface area contributed by atoms with Crippen LogP contribution in [0, 0.1) is 5.92 Å². The van der Waals surface area contributed by atoms with Crippen molar-refractivity contribution in [3.63, 3.8) is 0 Å². The van der Waals surface area contributed by atoms with Crippen molar-refractivity contribution in [2.45, 2.75) is 49.1 Å². The molecule has 2 aliphatic rings. The van der Waals surface area contributed by atoms with E-state index < -0.39 is 16.1 Å². The van der Waals surface area contributed by atoms with Crippen molar-refractivity contribution in [1.82, 2.24) is 9.62 Å². The van der Waals surface area contributed by atoms with Crippen molar-refractivity contribution in [2.24, 2.45) is 22.6 Å². The maximum Gasteiger partial charge on any atom is 0.241 e. The molecular formula is C25H31N5O3S. The van der Waals surface area contributed by atoms with Gasteiger partial charge in [-0.1, -0.05) is 49.2 Å². The number of allylic oxidation sites excluding steroid dienone is 3. The summed E-state index contributed by atoms with van der Waals surface area (Å²) in [6.07, 6.45) is 9.32. The topological polar surface area (TPSA) is 131 Å². The van der Waals surface area contributed by atoms with E-state index >= 15 is 0 Å². The highest BCUT2D eigenvalue weighted by Gasteiger charge is 2.34. The highest BCUT2D eigenvalue weighted by atomic mass is 32.2. The highest BCUT2D eigenvalue weighted by molar-refractivity contribution is 7.89. The number of nitrogens with zero attached hydrogens (tertiary/aromatic N) is 2. The number of nitrogens with one attached hydrogen (secondary N) is 1. The van der Waals surface area contributed by atoms with Gasteiger partial charge in [0.25, 0.3) is 0 Å². The summed E-state index contributed by atoms with van der Waals surface area (Å²) < 4.78 is 29.5. The number of hydrogen-bond acceptors (Lipinski definition) is 6. The van der Waals surface area contributed by atoms with Crippen LogP contribution >= 0.6 is 0 Å².